The molecule has 0 bridgehead atoms. The number of carbonyl (C=O) groups excluding carboxylic acids is 2. The first-order chi connectivity index (χ1) is 15.0. The molecule has 0 aromatic carbocycles. The van der Waals surface area contributed by atoms with Crippen LogP contribution in [0.4, 0.5) is 0 Å². The maximum Gasteiger partial charge on any atom is 0.248 e. The smallest absolute Gasteiger partial charge is 0.248 e. The molecule has 0 radical (unpaired) electrons. The van der Waals surface area contributed by atoms with Crippen molar-refractivity contribution in [2.45, 2.75) is 91.9 Å². The molecule has 1 amide bonds. The van der Waals surface area contributed by atoms with Crippen molar-refractivity contribution in [1.29, 1.82) is 0 Å². The van der Waals surface area contributed by atoms with Gasteiger partial charge in [0, 0.05) is 18.9 Å². The van der Waals surface area contributed by atoms with E-state index in [1.165, 1.54) is 57.6 Å². The molecule has 4 fully saturated rings. The Balaban J connectivity index is 1.53. The molecule has 9 unspecified atom stereocenters. The first-order valence-corrected chi connectivity index (χ1v) is 13.2. The normalized spacial score (nSPS) is 50.3. The van der Waals surface area contributed by atoms with E-state index in [9.17, 15) is 14.8 Å². The van der Waals surface area contributed by atoms with Crippen LogP contribution in [0.5, 0.6) is 0 Å². The molecule has 32 heavy (non-hydrogen) atoms. The number of ketones is 1. The van der Waals surface area contributed by atoms with Crippen LogP contribution in [0.1, 0.15) is 91.9 Å². The van der Waals surface area contributed by atoms with Gasteiger partial charge in [0.15, 0.2) is 5.78 Å². The summed E-state index contributed by atoms with van der Waals surface area (Å²) >= 11 is 0. The third-order valence-corrected chi connectivity index (χ3v) is 11.5. The maximum atomic E-state index is 14.0. The first kappa shape index (κ1) is 22.6. The number of amides is 1. The average molecular weight is 442 g/mol. The van der Waals surface area contributed by atoms with Crippen LogP contribution in [-0.2, 0) is 9.59 Å². The van der Waals surface area contributed by atoms with E-state index in [1.807, 2.05) is 0 Å². The standard InChI is InChI=1S/C28H43NO3/c1-17-7-6-11-27(3)20(17)10-14-28(4)21-9-13-26(2)12-8-18(25(31)29(5)32)15-22(26)19(21)16-23(30)24(27)28/h16-18,20-22,24,32H,6-15H2,1-5H3. The summed E-state index contributed by atoms with van der Waals surface area (Å²) in [5.74, 6) is 2.42. The SMILES string of the molecule is CC1CCCC2(C)C1CCC1(C)C3CCC4(C)CCC(C(=O)N(C)O)CC4C3=CC(=O)C12. The highest BCUT2D eigenvalue weighted by atomic mass is 16.5. The molecule has 0 aromatic rings. The van der Waals surface area contributed by atoms with Crippen LogP contribution in [0.15, 0.2) is 11.6 Å². The summed E-state index contributed by atoms with van der Waals surface area (Å²) < 4.78 is 0. The topological polar surface area (TPSA) is 57.6 Å². The molecule has 0 aromatic heterocycles. The van der Waals surface area contributed by atoms with E-state index in [0.717, 1.165) is 30.2 Å². The van der Waals surface area contributed by atoms with Gasteiger partial charge in [-0.15, -0.1) is 0 Å². The van der Waals surface area contributed by atoms with Gasteiger partial charge in [0.25, 0.3) is 0 Å². The van der Waals surface area contributed by atoms with Crippen molar-refractivity contribution in [1.82, 2.24) is 5.06 Å². The molecule has 5 aliphatic carbocycles. The van der Waals surface area contributed by atoms with Crippen LogP contribution in [-0.4, -0.2) is 29.0 Å². The Labute approximate surface area is 194 Å². The quantitative estimate of drug-likeness (QED) is 0.399. The van der Waals surface area contributed by atoms with Gasteiger partial charge in [-0.05, 0) is 97.4 Å². The molecule has 1 N–H and O–H groups in total. The van der Waals surface area contributed by atoms with E-state index in [2.05, 4.69) is 33.8 Å². The number of nitrogens with zero attached hydrogens (tertiary/aromatic N) is 1. The summed E-state index contributed by atoms with van der Waals surface area (Å²) in [6.07, 6.45) is 13.3. The van der Waals surface area contributed by atoms with E-state index in [0.29, 0.717) is 23.5 Å². The fourth-order valence-corrected chi connectivity index (χ4v) is 9.94. The number of rotatable bonds is 1. The van der Waals surface area contributed by atoms with Gasteiger partial charge < -0.3 is 0 Å². The van der Waals surface area contributed by atoms with Crippen LogP contribution in [0, 0.1) is 51.8 Å². The predicted molar refractivity (Wildman–Crippen MR) is 125 cm³/mol. The minimum Gasteiger partial charge on any atom is -0.295 e. The summed E-state index contributed by atoms with van der Waals surface area (Å²) in [6.45, 7) is 9.70. The van der Waals surface area contributed by atoms with Crippen LogP contribution < -0.4 is 0 Å². The van der Waals surface area contributed by atoms with Crippen LogP contribution >= 0.6 is 0 Å². The maximum absolute atomic E-state index is 14.0. The second-order valence-electron chi connectivity index (χ2n) is 13.1. The number of hydrogen-bond acceptors (Lipinski definition) is 3. The molecule has 0 aliphatic heterocycles. The zero-order chi connectivity index (χ0) is 23.1. The van der Waals surface area contributed by atoms with Crippen molar-refractivity contribution in [3.05, 3.63) is 11.6 Å². The number of carbonyl (C=O) groups is 2. The largest absolute Gasteiger partial charge is 0.295 e. The summed E-state index contributed by atoms with van der Waals surface area (Å²) in [6, 6.07) is 0. The molecule has 0 heterocycles. The second-order valence-corrected chi connectivity index (χ2v) is 13.1. The van der Waals surface area contributed by atoms with Crippen molar-refractivity contribution in [2.75, 3.05) is 7.05 Å². The van der Waals surface area contributed by atoms with E-state index in [-0.39, 0.29) is 34.0 Å². The highest BCUT2D eigenvalue weighted by Gasteiger charge is 2.64. The van der Waals surface area contributed by atoms with E-state index in [1.54, 1.807) is 0 Å². The van der Waals surface area contributed by atoms with Crippen molar-refractivity contribution in [3.8, 4) is 0 Å². The van der Waals surface area contributed by atoms with Gasteiger partial charge in [-0.3, -0.25) is 14.8 Å². The Bertz CT molecular complexity index is 848. The lowest BCUT2D eigenvalue weighted by atomic mass is 9.39. The van der Waals surface area contributed by atoms with Crippen LogP contribution in [0.3, 0.4) is 0 Å². The van der Waals surface area contributed by atoms with Gasteiger partial charge >= 0.3 is 0 Å². The first-order valence-electron chi connectivity index (χ1n) is 13.2. The molecule has 4 nitrogen and oxygen atoms in total. The van der Waals surface area contributed by atoms with Crippen LogP contribution in [0.25, 0.3) is 0 Å². The Morgan fingerprint density at radius 2 is 1.72 bits per heavy atom. The number of hydrogen-bond donors (Lipinski definition) is 1. The predicted octanol–water partition coefficient (Wildman–Crippen LogP) is 6.03. The monoisotopic (exact) mass is 441 g/mol. The Morgan fingerprint density at radius 1 is 1.00 bits per heavy atom. The molecular formula is C28H43NO3. The fourth-order valence-electron chi connectivity index (χ4n) is 9.94. The van der Waals surface area contributed by atoms with Crippen LogP contribution in [0.2, 0.25) is 0 Å². The molecule has 178 valence electrons. The third-order valence-electron chi connectivity index (χ3n) is 11.5. The van der Waals surface area contributed by atoms with Crippen molar-refractivity contribution in [3.63, 3.8) is 0 Å². The average Bonchev–Trinajstić information content (AvgIpc) is 2.71. The van der Waals surface area contributed by atoms with Gasteiger partial charge in [0.1, 0.15) is 0 Å². The summed E-state index contributed by atoms with van der Waals surface area (Å²) in [7, 11) is 1.44. The third kappa shape index (κ3) is 3.03. The number of allylic oxidation sites excluding steroid dienone is 2. The van der Waals surface area contributed by atoms with E-state index in [4.69, 9.17) is 0 Å². The van der Waals surface area contributed by atoms with Gasteiger partial charge in [-0.25, -0.2) is 5.06 Å². The minimum atomic E-state index is -0.162. The van der Waals surface area contributed by atoms with Crippen molar-refractivity contribution < 1.29 is 14.8 Å². The molecule has 0 saturated heterocycles. The van der Waals surface area contributed by atoms with Gasteiger partial charge in [-0.2, -0.15) is 0 Å². The van der Waals surface area contributed by atoms with Crippen molar-refractivity contribution >= 4 is 11.7 Å². The lowest BCUT2D eigenvalue weighted by Gasteiger charge is -2.65. The van der Waals surface area contributed by atoms with E-state index < -0.39 is 0 Å². The minimum absolute atomic E-state index is 0.0511. The molecular weight excluding hydrogens is 398 g/mol. The Hall–Kier alpha value is -1.16. The second kappa shape index (κ2) is 7.42. The summed E-state index contributed by atoms with van der Waals surface area (Å²) in [5.41, 5.74) is 1.73. The molecule has 5 aliphatic rings. The summed E-state index contributed by atoms with van der Waals surface area (Å²) in [5, 5.41) is 10.6. The number of hydroxylamine groups is 2. The lowest BCUT2D eigenvalue weighted by Crippen LogP contribution is -2.60. The fraction of sp³-hybridized carbons (Fsp3) is 0.857. The van der Waals surface area contributed by atoms with Gasteiger partial charge in [0.2, 0.25) is 5.91 Å². The lowest BCUT2D eigenvalue weighted by molar-refractivity contribution is -0.168. The Morgan fingerprint density at radius 3 is 2.44 bits per heavy atom. The molecule has 5 rings (SSSR count). The molecule has 4 saturated carbocycles. The highest BCUT2D eigenvalue weighted by molar-refractivity contribution is 5.95. The molecule has 4 heteroatoms. The Kier molecular flexibility index (Phi) is 5.24. The summed E-state index contributed by atoms with van der Waals surface area (Å²) in [4.78, 5) is 26.6. The molecule has 9 atom stereocenters. The van der Waals surface area contributed by atoms with E-state index >= 15 is 0 Å². The highest BCUT2D eigenvalue weighted by Crippen LogP contribution is 2.69. The van der Waals surface area contributed by atoms with Gasteiger partial charge in [0.05, 0.1) is 0 Å². The van der Waals surface area contributed by atoms with Crippen molar-refractivity contribution in [2.24, 2.45) is 51.8 Å². The zero-order valence-electron chi connectivity index (χ0n) is 20.8. The molecule has 0 spiro atoms. The van der Waals surface area contributed by atoms with Gasteiger partial charge in [-0.1, -0.05) is 46.1 Å². The zero-order valence-corrected chi connectivity index (χ0v) is 20.8. The number of fused-ring (bicyclic) bond motifs is 7.